The van der Waals surface area contributed by atoms with Crippen LogP contribution in [0.2, 0.25) is 0 Å². The molecule has 1 atom stereocenters. The van der Waals surface area contributed by atoms with Gasteiger partial charge in [-0.2, -0.15) is 0 Å². The Hall–Kier alpha value is -4.45. The van der Waals surface area contributed by atoms with Crippen LogP contribution < -0.4 is 0 Å². The molecule has 0 spiro atoms. The number of hydrogen-bond donors (Lipinski definition) is 0. The highest BCUT2D eigenvalue weighted by Gasteiger charge is 2.27. The summed E-state index contributed by atoms with van der Waals surface area (Å²) in [7, 11) is 11.2. The molecule has 0 aliphatic heterocycles. The maximum atomic E-state index is 4.39. The quantitative estimate of drug-likeness (QED) is 0.101. The second-order valence-corrected chi connectivity index (χ2v) is 26.2. The highest BCUT2D eigenvalue weighted by Crippen LogP contribution is 2.33. The van der Waals surface area contributed by atoms with Crippen LogP contribution in [0, 0.1) is 29.6 Å². The molecule has 0 amide bonds. The molecule has 586 valence electrons. The van der Waals surface area contributed by atoms with E-state index in [0.29, 0.717) is 6.04 Å². The van der Waals surface area contributed by atoms with Crippen molar-refractivity contribution in [2.75, 3.05) is 35.2 Å². The minimum Gasteiger partial charge on any atom is -0.299 e. The fourth-order valence-corrected chi connectivity index (χ4v) is 13.1. The van der Waals surface area contributed by atoms with Crippen molar-refractivity contribution in [3.05, 3.63) is 150 Å². The van der Waals surface area contributed by atoms with Crippen LogP contribution in [0.3, 0.4) is 0 Å². The van der Waals surface area contributed by atoms with E-state index in [0.717, 1.165) is 86.0 Å². The van der Waals surface area contributed by atoms with Crippen LogP contribution in [0.5, 0.6) is 0 Å². The van der Waals surface area contributed by atoms with Crippen molar-refractivity contribution in [3.8, 4) is 0 Å². The van der Waals surface area contributed by atoms with Crippen LogP contribution in [-0.4, -0.2) is 115 Å². The normalized spacial score (nSPS) is 21.6. The van der Waals surface area contributed by atoms with E-state index in [-0.39, 0.29) is 0 Å². The van der Waals surface area contributed by atoms with Crippen LogP contribution >= 0.6 is 0 Å². The monoisotopic (exact) mass is 1410 g/mol. The molecule has 1 unspecified atom stereocenters. The number of aromatic nitrogens is 5. The first-order valence-corrected chi connectivity index (χ1v) is 42.2. The molecule has 5 fully saturated rings. The Balaban J connectivity index is -0.000000357. The molecule has 10 heteroatoms. The Morgan fingerprint density at radius 2 is 0.535 bits per heavy atom. The van der Waals surface area contributed by atoms with Gasteiger partial charge in [0.15, 0.2) is 0 Å². The molecule has 0 saturated heterocycles. The van der Waals surface area contributed by atoms with E-state index in [9.17, 15) is 0 Å². The lowest BCUT2D eigenvalue weighted by Crippen LogP contribution is -2.36. The summed E-state index contributed by atoms with van der Waals surface area (Å²) in [6.07, 6.45) is 42.6. The van der Waals surface area contributed by atoms with Crippen molar-refractivity contribution in [3.63, 3.8) is 0 Å². The second kappa shape index (κ2) is 73.8. The molecule has 5 aliphatic rings. The average Bonchev–Trinajstić information content (AvgIpc) is 0.884. The van der Waals surface area contributed by atoms with Gasteiger partial charge in [0.25, 0.3) is 0 Å². The summed E-state index contributed by atoms with van der Waals surface area (Å²) in [5.41, 5.74) is 6.34. The number of hydrogen-bond acceptors (Lipinski definition) is 10. The lowest BCUT2D eigenvalue weighted by molar-refractivity contribution is 0.131. The summed E-state index contributed by atoms with van der Waals surface area (Å²) >= 11 is 0. The molecule has 5 aromatic rings. The Bertz CT molecular complexity index is 2050. The summed E-state index contributed by atoms with van der Waals surface area (Å²) in [5, 5.41) is 0. The molecular weight excluding hydrogens is 1230 g/mol. The summed E-state index contributed by atoms with van der Waals surface area (Å²) in [6.45, 7) is 58.2. The van der Waals surface area contributed by atoms with Crippen molar-refractivity contribution < 1.29 is 0 Å². The smallest absolute Gasteiger partial charge is 0.0543 e. The van der Waals surface area contributed by atoms with Gasteiger partial charge in [0.2, 0.25) is 0 Å². The molecule has 10 nitrogen and oxygen atoms in total. The van der Waals surface area contributed by atoms with Crippen LogP contribution in [0.25, 0.3) is 0 Å². The van der Waals surface area contributed by atoms with Crippen LogP contribution in [-0.2, 0) is 26.2 Å². The predicted octanol–water partition coefficient (Wildman–Crippen LogP) is 26.3. The van der Waals surface area contributed by atoms with Crippen molar-refractivity contribution in [2.24, 2.45) is 29.6 Å². The summed E-state index contributed by atoms with van der Waals surface area (Å²) in [4.78, 5) is 33.8. The zero-order valence-corrected chi connectivity index (χ0v) is 72.8. The van der Waals surface area contributed by atoms with Gasteiger partial charge < -0.3 is 0 Å². The van der Waals surface area contributed by atoms with Gasteiger partial charge in [-0.15, -0.1) is 0 Å². The van der Waals surface area contributed by atoms with Gasteiger partial charge in [-0.1, -0.05) is 203 Å². The molecule has 0 bridgehead atoms. The fourth-order valence-electron chi connectivity index (χ4n) is 13.1. The van der Waals surface area contributed by atoms with Gasteiger partial charge in [0, 0.05) is 112 Å². The minimum absolute atomic E-state index is 0.474. The summed E-state index contributed by atoms with van der Waals surface area (Å²) in [6, 6.07) is 29.2. The Morgan fingerprint density at radius 3 is 0.762 bits per heavy atom. The third-order valence-corrected chi connectivity index (χ3v) is 19.4. The van der Waals surface area contributed by atoms with Crippen molar-refractivity contribution in [1.82, 2.24) is 49.4 Å². The number of rotatable bonds is 15. The van der Waals surface area contributed by atoms with Crippen molar-refractivity contribution in [2.45, 2.75) is 371 Å². The van der Waals surface area contributed by atoms with Gasteiger partial charge >= 0.3 is 0 Å². The zero-order chi connectivity index (χ0) is 77.8. The van der Waals surface area contributed by atoms with E-state index in [1.807, 2.05) is 218 Å². The van der Waals surface area contributed by atoms with Gasteiger partial charge in [0.1, 0.15) is 0 Å². The first kappa shape index (κ1) is 105. The predicted molar refractivity (Wildman–Crippen MR) is 454 cm³/mol. The first-order valence-electron chi connectivity index (χ1n) is 42.2. The van der Waals surface area contributed by atoms with Crippen LogP contribution in [0.1, 0.15) is 343 Å². The second-order valence-electron chi connectivity index (χ2n) is 26.2. The highest BCUT2D eigenvalue weighted by atomic mass is 15.2. The third-order valence-electron chi connectivity index (χ3n) is 19.4. The van der Waals surface area contributed by atoms with Crippen molar-refractivity contribution >= 4 is 0 Å². The van der Waals surface area contributed by atoms with E-state index in [4.69, 9.17) is 0 Å². The standard InChI is InChI=1S/C15H24N2.4C14H22N2.10C2H6/c1-12-6-8-15(9-7-12)17(3)13(2)14-5-4-10-16-11-14;2*1-12-5-7-14(8-6-12)16(2)11-13-4-3-9-15-10-13;2*1-12-6-8-14(9-7-12)16(2)11-13-5-3-4-10-15-13;10*1-2/h4-5,10-13,15H,6-9H2,1-3H3;2*3-4,9-10,12,14H,5-8,11H2,1-2H3;2*3-5,10,12,14H,6-9,11H2,1-2H3;10*1-2H3. The molecule has 0 aromatic carbocycles. The molecule has 5 heterocycles. The number of nitrogens with zero attached hydrogens (tertiary/aromatic N) is 10. The van der Waals surface area contributed by atoms with E-state index in [2.05, 4.69) is 169 Å². The zero-order valence-electron chi connectivity index (χ0n) is 72.8. The lowest BCUT2D eigenvalue weighted by atomic mass is 9.86. The van der Waals surface area contributed by atoms with Crippen LogP contribution in [0.15, 0.2) is 122 Å². The van der Waals surface area contributed by atoms with Gasteiger partial charge in [-0.25, -0.2) is 0 Å². The molecule has 5 aliphatic carbocycles. The molecule has 5 aromatic heterocycles. The van der Waals surface area contributed by atoms with Gasteiger partial charge in [-0.3, -0.25) is 49.4 Å². The van der Waals surface area contributed by atoms with E-state index < -0.39 is 0 Å². The molecule has 10 rings (SSSR count). The maximum absolute atomic E-state index is 4.39. The van der Waals surface area contributed by atoms with Crippen LogP contribution in [0.4, 0.5) is 0 Å². The van der Waals surface area contributed by atoms with E-state index >= 15 is 0 Å². The van der Waals surface area contributed by atoms with E-state index in [1.165, 1.54) is 156 Å². The largest absolute Gasteiger partial charge is 0.299 e. The Kier molecular flexibility index (Phi) is 76.9. The minimum atomic E-state index is 0.474. The molecule has 5 saturated carbocycles. The molecule has 101 heavy (non-hydrogen) atoms. The van der Waals surface area contributed by atoms with Gasteiger partial charge in [0.05, 0.1) is 11.4 Å². The Morgan fingerprint density at radius 1 is 0.287 bits per heavy atom. The summed E-state index contributed by atoms with van der Waals surface area (Å²) in [5.74, 6) is 4.65. The average molecular weight is 1410 g/mol. The molecule has 0 N–H and O–H groups in total. The first-order chi connectivity index (χ1) is 49.2. The highest BCUT2D eigenvalue weighted by molar-refractivity contribution is 5.14. The third kappa shape index (κ3) is 49.8. The fraction of sp³-hybridized carbons (Fsp3) is 0.725. The van der Waals surface area contributed by atoms with E-state index in [1.54, 1.807) is 0 Å². The van der Waals surface area contributed by atoms with Crippen molar-refractivity contribution in [1.29, 1.82) is 0 Å². The molecular formula is C91H172N10. The molecule has 0 radical (unpaired) electrons. The number of pyridine rings is 5. The summed E-state index contributed by atoms with van der Waals surface area (Å²) < 4.78 is 0. The maximum Gasteiger partial charge on any atom is 0.0543 e. The SMILES string of the molecule is CC.CC.CC.CC.CC.CC.CC.CC.CC.CC.CC1CCC(N(C)C(C)c2cccnc2)CC1.CC1CCC(N(C)Cc2ccccn2)CC1.CC1CCC(N(C)Cc2ccccn2)CC1.CC1CCC(N(C)Cc2cccnc2)CC1.CC1CCC(N(C)Cc2cccnc2)CC1. The Labute approximate surface area is 632 Å². The van der Waals surface area contributed by atoms with Gasteiger partial charge in [-0.05, 0) is 259 Å². The lowest BCUT2D eigenvalue weighted by Gasteiger charge is -2.37. The topological polar surface area (TPSA) is 80.7 Å².